The van der Waals surface area contributed by atoms with Crippen LogP contribution in [-0.2, 0) is 0 Å². The standard InChI is InChI=1S/C14H15N2/c1-2-14(13-9-5-3-6-10-13)15-16-11-7-4-8-12-16/h2-12,14-15H,1H2/q+1/t14-/m1/s1. The molecule has 16 heavy (non-hydrogen) atoms. The van der Waals surface area contributed by atoms with E-state index < -0.39 is 0 Å². The number of hydrogen-bond acceptors (Lipinski definition) is 1. The number of benzene rings is 1. The highest BCUT2D eigenvalue weighted by atomic mass is 15.4. The van der Waals surface area contributed by atoms with Crippen LogP contribution >= 0.6 is 0 Å². The highest BCUT2D eigenvalue weighted by Gasteiger charge is 2.09. The summed E-state index contributed by atoms with van der Waals surface area (Å²) in [5.74, 6) is 0. The number of nitrogens with zero attached hydrogens (tertiary/aromatic N) is 1. The molecule has 1 heterocycles. The number of nitrogens with one attached hydrogen (secondary N) is 1. The number of rotatable bonds is 4. The molecule has 0 aliphatic heterocycles. The maximum atomic E-state index is 3.86. The summed E-state index contributed by atoms with van der Waals surface area (Å²) in [5.41, 5.74) is 4.55. The molecule has 0 spiro atoms. The molecule has 0 amide bonds. The van der Waals surface area contributed by atoms with Gasteiger partial charge in [0, 0.05) is 12.1 Å². The third kappa shape index (κ3) is 2.48. The Morgan fingerprint density at radius 2 is 1.62 bits per heavy atom. The van der Waals surface area contributed by atoms with Crippen LogP contribution in [0.3, 0.4) is 0 Å². The van der Waals surface area contributed by atoms with Gasteiger partial charge in [-0.2, -0.15) is 5.43 Å². The van der Waals surface area contributed by atoms with Gasteiger partial charge in [0.2, 0.25) is 0 Å². The molecule has 1 aromatic heterocycles. The summed E-state index contributed by atoms with van der Waals surface area (Å²) in [6.45, 7) is 3.86. The second-order valence-electron chi connectivity index (χ2n) is 3.54. The summed E-state index contributed by atoms with van der Waals surface area (Å²) < 4.78 is 1.93. The molecule has 0 bridgehead atoms. The Morgan fingerprint density at radius 1 is 1.00 bits per heavy atom. The van der Waals surface area contributed by atoms with Gasteiger partial charge in [0.05, 0.1) is 0 Å². The molecule has 2 aromatic rings. The summed E-state index contributed by atoms with van der Waals surface area (Å²) in [4.78, 5) is 0. The van der Waals surface area contributed by atoms with Crippen molar-refractivity contribution in [3.05, 3.63) is 79.1 Å². The third-order valence-corrected chi connectivity index (χ3v) is 2.40. The van der Waals surface area contributed by atoms with E-state index in [-0.39, 0.29) is 6.04 Å². The van der Waals surface area contributed by atoms with Gasteiger partial charge in [-0.1, -0.05) is 47.2 Å². The first-order valence-corrected chi connectivity index (χ1v) is 5.30. The first-order chi connectivity index (χ1) is 7.90. The van der Waals surface area contributed by atoms with E-state index in [9.17, 15) is 0 Å². The maximum absolute atomic E-state index is 3.86. The molecule has 2 nitrogen and oxygen atoms in total. The lowest BCUT2D eigenvalue weighted by Crippen LogP contribution is -2.45. The van der Waals surface area contributed by atoms with E-state index in [0.717, 1.165) is 0 Å². The monoisotopic (exact) mass is 211 g/mol. The van der Waals surface area contributed by atoms with Gasteiger partial charge >= 0.3 is 0 Å². The lowest BCUT2D eigenvalue weighted by molar-refractivity contribution is -0.653. The van der Waals surface area contributed by atoms with Crippen molar-refractivity contribution < 1.29 is 4.68 Å². The Morgan fingerprint density at radius 3 is 2.25 bits per heavy atom. The summed E-state index contributed by atoms with van der Waals surface area (Å²) in [7, 11) is 0. The zero-order valence-electron chi connectivity index (χ0n) is 9.08. The summed E-state index contributed by atoms with van der Waals surface area (Å²) >= 11 is 0. The van der Waals surface area contributed by atoms with Gasteiger partial charge in [-0.05, 0) is 5.56 Å². The second-order valence-corrected chi connectivity index (χ2v) is 3.54. The molecule has 1 atom stereocenters. The SMILES string of the molecule is C=C[C@@H](N[n+]1ccccc1)c1ccccc1. The summed E-state index contributed by atoms with van der Waals surface area (Å²) in [6, 6.07) is 16.3. The fraction of sp³-hybridized carbons (Fsp3) is 0.0714. The quantitative estimate of drug-likeness (QED) is 0.606. The van der Waals surface area contributed by atoms with Gasteiger partial charge in [-0.25, -0.2) is 0 Å². The highest BCUT2D eigenvalue weighted by molar-refractivity contribution is 5.23. The minimum Gasteiger partial charge on any atom is -0.182 e. The van der Waals surface area contributed by atoms with Crippen molar-refractivity contribution >= 4 is 0 Å². The van der Waals surface area contributed by atoms with Gasteiger partial charge in [0.25, 0.3) is 0 Å². The normalized spacial score (nSPS) is 11.8. The molecule has 1 aromatic carbocycles. The summed E-state index contributed by atoms with van der Waals surface area (Å²) in [6.07, 6.45) is 5.84. The molecule has 2 rings (SSSR count). The lowest BCUT2D eigenvalue weighted by atomic mass is 10.1. The molecular weight excluding hydrogens is 196 g/mol. The highest BCUT2D eigenvalue weighted by Crippen LogP contribution is 2.12. The Balaban J connectivity index is 2.16. The van der Waals surface area contributed by atoms with Gasteiger partial charge < -0.3 is 0 Å². The van der Waals surface area contributed by atoms with Crippen molar-refractivity contribution in [2.24, 2.45) is 0 Å². The molecule has 0 fully saturated rings. The van der Waals surface area contributed by atoms with E-state index in [1.807, 2.05) is 59.5 Å². The first kappa shape index (κ1) is 10.4. The van der Waals surface area contributed by atoms with Crippen molar-refractivity contribution in [3.8, 4) is 0 Å². The molecule has 0 unspecified atom stereocenters. The van der Waals surface area contributed by atoms with Crippen molar-refractivity contribution in [2.45, 2.75) is 6.04 Å². The number of hydrogen-bond donors (Lipinski definition) is 1. The fourth-order valence-electron chi connectivity index (χ4n) is 1.57. The number of pyridine rings is 1. The fourth-order valence-corrected chi connectivity index (χ4v) is 1.57. The number of aromatic nitrogens is 1. The van der Waals surface area contributed by atoms with E-state index in [2.05, 4.69) is 24.1 Å². The van der Waals surface area contributed by atoms with Gasteiger partial charge in [0.15, 0.2) is 12.4 Å². The van der Waals surface area contributed by atoms with Crippen LogP contribution in [0.1, 0.15) is 11.6 Å². The van der Waals surface area contributed by atoms with Crippen LogP contribution < -0.4 is 10.1 Å². The molecule has 80 valence electrons. The van der Waals surface area contributed by atoms with Crippen LogP contribution in [0.5, 0.6) is 0 Å². The van der Waals surface area contributed by atoms with Crippen LogP contribution in [0.2, 0.25) is 0 Å². The Kier molecular flexibility index (Phi) is 3.34. The van der Waals surface area contributed by atoms with Crippen LogP contribution in [-0.4, -0.2) is 0 Å². The van der Waals surface area contributed by atoms with Crippen LogP contribution in [0.4, 0.5) is 0 Å². The largest absolute Gasteiger partial charge is 0.199 e. The average molecular weight is 211 g/mol. The topological polar surface area (TPSA) is 15.9 Å². The molecule has 1 N–H and O–H groups in total. The van der Waals surface area contributed by atoms with Crippen molar-refractivity contribution in [2.75, 3.05) is 5.43 Å². The average Bonchev–Trinajstić information content (AvgIpc) is 2.38. The Labute approximate surface area is 95.8 Å². The molecule has 0 radical (unpaired) electrons. The van der Waals surface area contributed by atoms with Gasteiger partial charge in [0.1, 0.15) is 6.04 Å². The van der Waals surface area contributed by atoms with Crippen LogP contribution in [0, 0.1) is 0 Å². The molecule has 2 heteroatoms. The van der Waals surface area contributed by atoms with Crippen molar-refractivity contribution in [3.63, 3.8) is 0 Å². The zero-order chi connectivity index (χ0) is 11.2. The molecule has 0 saturated carbocycles. The summed E-state index contributed by atoms with van der Waals surface area (Å²) in [5, 5.41) is 0. The van der Waals surface area contributed by atoms with Crippen molar-refractivity contribution in [1.82, 2.24) is 0 Å². The van der Waals surface area contributed by atoms with E-state index in [1.54, 1.807) is 0 Å². The second kappa shape index (κ2) is 5.12. The van der Waals surface area contributed by atoms with Crippen LogP contribution in [0.25, 0.3) is 0 Å². The van der Waals surface area contributed by atoms with Crippen LogP contribution in [0.15, 0.2) is 73.6 Å². The van der Waals surface area contributed by atoms with E-state index >= 15 is 0 Å². The molecule has 0 aliphatic carbocycles. The van der Waals surface area contributed by atoms with Crippen molar-refractivity contribution in [1.29, 1.82) is 0 Å². The molecule has 0 aliphatic rings. The minimum absolute atomic E-state index is 0.119. The van der Waals surface area contributed by atoms with E-state index in [0.29, 0.717) is 0 Å². The lowest BCUT2D eigenvalue weighted by Gasteiger charge is -2.10. The van der Waals surface area contributed by atoms with E-state index in [4.69, 9.17) is 0 Å². The molecular formula is C14H15N2+. The maximum Gasteiger partial charge on any atom is 0.199 e. The first-order valence-electron chi connectivity index (χ1n) is 5.30. The third-order valence-electron chi connectivity index (χ3n) is 2.40. The van der Waals surface area contributed by atoms with Gasteiger partial charge in [-0.3, -0.25) is 0 Å². The van der Waals surface area contributed by atoms with Gasteiger partial charge in [-0.15, -0.1) is 6.58 Å². The predicted molar refractivity (Wildman–Crippen MR) is 65.4 cm³/mol. The van der Waals surface area contributed by atoms with E-state index in [1.165, 1.54) is 5.56 Å². The predicted octanol–water partition coefficient (Wildman–Crippen LogP) is 2.44. The zero-order valence-corrected chi connectivity index (χ0v) is 9.08. The smallest absolute Gasteiger partial charge is 0.182 e. The Bertz CT molecular complexity index is 437. The minimum atomic E-state index is 0.119. The Hall–Kier alpha value is -2.09. The molecule has 0 saturated heterocycles.